The number of aliphatic hydroxyl groups is 2. The van der Waals surface area contributed by atoms with Gasteiger partial charge in [0.05, 0.1) is 18.2 Å². The van der Waals surface area contributed by atoms with E-state index < -0.39 is 24.2 Å². The van der Waals surface area contributed by atoms with E-state index in [1.807, 2.05) is 0 Å². The van der Waals surface area contributed by atoms with Gasteiger partial charge >= 0.3 is 0 Å². The van der Waals surface area contributed by atoms with Gasteiger partial charge in [-0.15, -0.1) is 0 Å². The van der Waals surface area contributed by atoms with E-state index in [0.29, 0.717) is 0 Å². The van der Waals surface area contributed by atoms with Crippen molar-refractivity contribution in [1.29, 1.82) is 0 Å². The summed E-state index contributed by atoms with van der Waals surface area (Å²) in [5, 5.41) is 25.5. The van der Waals surface area contributed by atoms with Gasteiger partial charge in [0.2, 0.25) is 0 Å². The Labute approximate surface area is 77.2 Å². The zero-order valence-electron chi connectivity index (χ0n) is 7.68. The molecule has 0 saturated heterocycles. The highest BCUT2D eigenvalue weighted by molar-refractivity contribution is 5.62. The smallest absolute Gasteiger partial charge is 0.300 e. The van der Waals surface area contributed by atoms with Gasteiger partial charge in [-0.2, -0.15) is 0 Å². The predicted molar refractivity (Wildman–Crippen MR) is 47.1 cm³/mol. The Balaban J connectivity index is 0.000000310. The molecule has 0 aromatic carbocycles. The molecule has 0 aliphatic heterocycles. The average molecular weight is 191 g/mol. The topological polar surface area (TPSA) is 104 Å². The van der Waals surface area contributed by atoms with Crippen LogP contribution in [0.15, 0.2) is 0 Å². The second-order valence-corrected chi connectivity index (χ2v) is 3.16. The lowest BCUT2D eigenvalue weighted by molar-refractivity contribution is -0.134. The fourth-order valence-corrected chi connectivity index (χ4v) is 1.18. The number of carbonyl (C=O) groups is 1. The third kappa shape index (κ3) is 5.57. The molecular formula is C8H17NO4. The van der Waals surface area contributed by atoms with E-state index >= 15 is 0 Å². The van der Waals surface area contributed by atoms with Gasteiger partial charge in [0.25, 0.3) is 5.97 Å². The lowest BCUT2D eigenvalue weighted by Crippen LogP contribution is -2.47. The molecule has 1 fully saturated rings. The maximum absolute atomic E-state index is 9.06. The van der Waals surface area contributed by atoms with Crippen molar-refractivity contribution in [3.63, 3.8) is 0 Å². The molecule has 5 heteroatoms. The molecule has 0 bridgehead atoms. The highest BCUT2D eigenvalue weighted by Crippen LogP contribution is 2.16. The minimum atomic E-state index is -0.833. The monoisotopic (exact) mass is 191 g/mol. The minimum Gasteiger partial charge on any atom is -0.481 e. The van der Waals surface area contributed by atoms with E-state index in [9.17, 15) is 0 Å². The molecule has 0 heterocycles. The van der Waals surface area contributed by atoms with Gasteiger partial charge in [-0.25, -0.2) is 0 Å². The fraction of sp³-hybridized carbons (Fsp3) is 0.875. The molecule has 1 saturated carbocycles. The van der Waals surface area contributed by atoms with E-state index in [2.05, 4.69) is 0 Å². The van der Waals surface area contributed by atoms with Gasteiger partial charge in [0.1, 0.15) is 0 Å². The van der Waals surface area contributed by atoms with Crippen LogP contribution in [-0.2, 0) is 4.79 Å². The molecule has 13 heavy (non-hydrogen) atoms. The summed E-state index contributed by atoms with van der Waals surface area (Å²) in [6.07, 6.45) is 1.37. The molecule has 0 spiro atoms. The van der Waals surface area contributed by atoms with Crippen molar-refractivity contribution < 1.29 is 20.1 Å². The molecule has 0 aromatic rings. The van der Waals surface area contributed by atoms with Crippen LogP contribution in [0.3, 0.4) is 0 Å². The van der Waals surface area contributed by atoms with Gasteiger partial charge in [-0.1, -0.05) is 0 Å². The highest BCUT2D eigenvalue weighted by Gasteiger charge is 2.26. The Morgan fingerprint density at radius 3 is 1.85 bits per heavy atom. The molecular weight excluding hydrogens is 174 g/mol. The molecule has 1 aliphatic carbocycles. The molecule has 3 atom stereocenters. The number of hydrogen-bond acceptors (Lipinski definition) is 4. The zero-order valence-corrected chi connectivity index (χ0v) is 7.68. The summed E-state index contributed by atoms with van der Waals surface area (Å²) in [6.45, 7) is 1.08. The Kier molecular flexibility index (Phi) is 5.61. The summed E-state index contributed by atoms with van der Waals surface area (Å²) in [7, 11) is 0. The first-order valence-electron chi connectivity index (χ1n) is 4.26. The summed E-state index contributed by atoms with van der Waals surface area (Å²) < 4.78 is 0. The summed E-state index contributed by atoms with van der Waals surface area (Å²) in [5.41, 5.74) is 5.42. The van der Waals surface area contributed by atoms with Gasteiger partial charge in [-0.3, -0.25) is 4.79 Å². The molecule has 0 aromatic heterocycles. The SMILES string of the molecule is CC(=O)O.NC1[C@H](O)CCC[C@@H]1O. The first-order chi connectivity index (χ1) is 5.95. The van der Waals surface area contributed by atoms with Crippen molar-refractivity contribution >= 4 is 5.97 Å². The van der Waals surface area contributed by atoms with E-state index in [0.717, 1.165) is 26.2 Å². The maximum atomic E-state index is 9.06. The third-order valence-corrected chi connectivity index (χ3v) is 1.89. The summed E-state index contributed by atoms with van der Waals surface area (Å²) in [5.74, 6) is -0.833. The van der Waals surface area contributed by atoms with Gasteiger partial charge in [0.15, 0.2) is 0 Å². The van der Waals surface area contributed by atoms with Gasteiger partial charge < -0.3 is 21.1 Å². The minimum absolute atomic E-state index is 0.418. The molecule has 0 amide bonds. The van der Waals surface area contributed by atoms with Crippen LogP contribution in [0.25, 0.3) is 0 Å². The van der Waals surface area contributed by atoms with E-state index in [4.69, 9.17) is 25.8 Å². The highest BCUT2D eigenvalue weighted by atomic mass is 16.4. The number of carboxylic acid groups (broad SMARTS) is 1. The summed E-state index contributed by atoms with van der Waals surface area (Å²) >= 11 is 0. The van der Waals surface area contributed by atoms with Crippen molar-refractivity contribution in [2.24, 2.45) is 5.73 Å². The average Bonchev–Trinajstić information content (AvgIpc) is 1.99. The lowest BCUT2D eigenvalue weighted by atomic mass is 9.91. The molecule has 1 unspecified atom stereocenters. The van der Waals surface area contributed by atoms with Crippen LogP contribution >= 0.6 is 0 Å². The third-order valence-electron chi connectivity index (χ3n) is 1.89. The predicted octanol–water partition coefficient (Wildman–Crippen LogP) is -0.690. The summed E-state index contributed by atoms with van der Waals surface area (Å²) in [6, 6.07) is -0.418. The number of aliphatic hydroxyl groups excluding tert-OH is 2. The molecule has 1 rings (SSSR count). The van der Waals surface area contributed by atoms with Gasteiger partial charge in [0, 0.05) is 6.92 Å². The number of nitrogens with two attached hydrogens (primary N) is 1. The first-order valence-corrected chi connectivity index (χ1v) is 4.26. The number of aliphatic carboxylic acids is 1. The zero-order chi connectivity index (χ0) is 10.4. The lowest BCUT2D eigenvalue weighted by Gasteiger charge is -2.28. The van der Waals surface area contributed by atoms with Crippen LogP contribution in [0.2, 0.25) is 0 Å². The van der Waals surface area contributed by atoms with E-state index in [-0.39, 0.29) is 0 Å². The Morgan fingerprint density at radius 2 is 1.62 bits per heavy atom. The van der Waals surface area contributed by atoms with Crippen LogP contribution in [0.4, 0.5) is 0 Å². The van der Waals surface area contributed by atoms with Crippen molar-refractivity contribution in [1.82, 2.24) is 0 Å². The second-order valence-electron chi connectivity index (χ2n) is 3.16. The van der Waals surface area contributed by atoms with E-state index in [1.54, 1.807) is 0 Å². The van der Waals surface area contributed by atoms with Crippen LogP contribution in [0, 0.1) is 0 Å². The largest absolute Gasteiger partial charge is 0.481 e. The normalized spacial score (nSPS) is 33.1. The first kappa shape index (κ1) is 12.3. The van der Waals surface area contributed by atoms with Crippen molar-refractivity contribution in [3.8, 4) is 0 Å². The molecule has 5 N–H and O–H groups in total. The standard InChI is InChI=1S/C6H13NO2.C2H4O2/c7-6-4(8)2-1-3-5(6)9;1-2(3)4/h4-6,8-9H,1-3,7H2;1H3,(H,3,4)/t4-,5+,6?;. The molecule has 5 nitrogen and oxygen atoms in total. The Hall–Kier alpha value is -0.650. The Bertz CT molecular complexity index is 148. The van der Waals surface area contributed by atoms with Crippen LogP contribution in [-0.4, -0.2) is 39.5 Å². The molecule has 78 valence electrons. The maximum Gasteiger partial charge on any atom is 0.300 e. The van der Waals surface area contributed by atoms with Crippen LogP contribution in [0.5, 0.6) is 0 Å². The summed E-state index contributed by atoms with van der Waals surface area (Å²) in [4.78, 5) is 9.00. The molecule has 1 aliphatic rings. The van der Waals surface area contributed by atoms with Crippen LogP contribution in [0.1, 0.15) is 26.2 Å². The van der Waals surface area contributed by atoms with E-state index in [1.165, 1.54) is 0 Å². The Morgan fingerprint density at radius 1 is 1.31 bits per heavy atom. The van der Waals surface area contributed by atoms with Crippen molar-refractivity contribution in [2.75, 3.05) is 0 Å². The van der Waals surface area contributed by atoms with Crippen molar-refractivity contribution in [3.05, 3.63) is 0 Å². The number of hydrogen-bond donors (Lipinski definition) is 4. The fourth-order valence-electron chi connectivity index (χ4n) is 1.18. The second kappa shape index (κ2) is 5.90. The van der Waals surface area contributed by atoms with Gasteiger partial charge in [-0.05, 0) is 19.3 Å². The van der Waals surface area contributed by atoms with Crippen molar-refractivity contribution in [2.45, 2.75) is 44.4 Å². The van der Waals surface area contributed by atoms with Crippen LogP contribution < -0.4 is 5.73 Å². The quantitative estimate of drug-likeness (QED) is 0.406. The number of carboxylic acids is 1. The molecule has 0 radical (unpaired) electrons. The number of rotatable bonds is 0.